The number of aromatic nitrogens is 1. The summed E-state index contributed by atoms with van der Waals surface area (Å²) < 4.78 is 1.84. The summed E-state index contributed by atoms with van der Waals surface area (Å²) in [5.41, 5.74) is 1.66. The van der Waals surface area contributed by atoms with E-state index in [2.05, 4.69) is 10.2 Å². The van der Waals surface area contributed by atoms with Crippen LogP contribution in [0.15, 0.2) is 30.5 Å². The topological polar surface area (TPSA) is 36.8 Å². The van der Waals surface area contributed by atoms with Gasteiger partial charge in [-0.1, -0.05) is 11.6 Å². The van der Waals surface area contributed by atoms with Gasteiger partial charge < -0.3 is 14.6 Å². The summed E-state index contributed by atoms with van der Waals surface area (Å²) in [6, 6.07) is 7.86. The van der Waals surface area contributed by atoms with Crippen LogP contribution in [-0.2, 0) is 0 Å². The van der Waals surface area contributed by atoms with Gasteiger partial charge in [0.2, 0.25) is 0 Å². The zero-order valence-corrected chi connectivity index (χ0v) is 12.5. The van der Waals surface area contributed by atoms with E-state index in [1.165, 1.54) is 25.9 Å². The minimum atomic E-state index is 0.000386. The summed E-state index contributed by atoms with van der Waals surface area (Å²) in [4.78, 5) is 14.9. The Morgan fingerprint density at radius 1 is 1.19 bits per heavy atom. The summed E-state index contributed by atoms with van der Waals surface area (Å²) in [6.07, 6.45) is 4.22. The first-order valence-corrected chi connectivity index (χ1v) is 7.88. The molecule has 4 nitrogen and oxygen atoms in total. The highest BCUT2D eigenvalue weighted by Gasteiger charge is 2.34. The molecular formula is C16H18ClN3O. The second-order valence-electron chi connectivity index (χ2n) is 6.09. The van der Waals surface area contributed by atoms with Crippen molar-refractivity contribution < 1.29 is 4.79 Å². The Morgan fingerprint density at radius 2 is 1.95 bits per heavy atom. The maximum Gasteiger partial charge on any atom is 0.253 e. The van der Waals surface area contributed by atoms with Gasteiger partial charge in [-0.3, -0.25) is 4.79 Å². The van der Waals surface area contributed by atoms with Crippen molar-refractivity contribution in [3.05, 3.63) is 41.2 Å². The Kier molecular flexibility index (Phi) is 3.16. The Morgan fingerprint density at radius 3 is 2.67 bits per heavy atom. The second kappa shape index (κ2) is 5.04. The van der Waals surface area contributed by atoms with E-state index in [0.717, 1.165) is 12.1 Å². The van der Waals surface area contributed by atoms with E-state index in [0.29, 0.717) is 16.6 Å². The van der Waals surface area contributed by atoms with Crippen LogP contribution in [0.5, 0.6) is 0 Å². The van der Waals surface area contributed by atoms with Crippen LogP contribution in [0, 0.1) is 5.92 Å². The third kappa shape index (κ3) is 2.32. The van der Waals surface area contributed by atoms with E-state index in [1.807, 2.05) is 34.9 Å². The molecule has 0 aromatic carbocycles. The Balaban J connectivity index is 1.54. The van der Waals surface area contributed by atoms with Crippen molar-refractivity contribution in [1.29, 1.82) is 0 Å². The Hall–Kier alpha value is -1.52. The summed E-state index contributed by atoms with van der Waals surface area (Å²) in [6.45, 7) is 3.35. The lowest BCUT2D eigenvalue weighted by atomic mass is 9.84. The molecule has 0 aliphatic carbocycles. The average molecular weight is 304 g/mol. The van der Waals surface area contributed by atoms with Crippen LogP contribution < -0.4 is 5.32 Å². The molecule has 2 bridgehead atoms. The van der Waals surface area contributed by atoms with E-state index in [-0.39, 0.29) is 11.9 Å². The van der Waals surface area contributed by atoms with Crippen LogP contribution in [0.25, 0.3) is 5.52 Å². The SMILES string of the molecule is O=C(NC1CN2CCC1CC2)c1ccc2ccc(Cl)n2c1. The van der Waals surface area contributed by atoms with Gasteiger partial charge >= 0.3 is 0 Å². The van der Waals surface area contributed by atoms with Crippen molar-refractivity contribution in [2.24, 2.45) is 5.92 Å². The molecule has 3 fully saturated rings. The number of piperidine rings is 3. The van der Waals surface area contributed by atoms with Crippen molar-refractivity contribution in [3.63, 3.8) is 0 Å². The normalized spacial score (nSPS) is 28.0. The number of pyridine rings is 1. The first-order valence-electron chi connectivity index (χ1n) is 7.50. The number of carbonyl (C=O) groups excluding carboxylic acids is 1. The largest absolute Gasteiger partial charge is 0.348 e. The van der Waals surface area contributed by atoms with Gasteiger partial charge in [0.05, 0.1) is 5.56 Å². The quantitative estimate of drug-likeness (QED) is 0.925. The van der Waals surface area contributed by atoms with Crippen molar-refractivity contribution >= 4 is 23.0 Å². The van der Waals surface area contributed by atoms with E-state index in [9.17, 15) is 4.79 Å². The summed E-state index contributed by atoms with van der Waals surface area (Å²) in [5, 5.41) is 3.83. The van der Waals surface area contributed by atoms with Crippen molar-refractivity contribution in [2.75, 3.05) is 19.6 Å². The Labute approximate surface area is 128 Å². The van der Waals surface area contributed by atoms with Gasteiger partial charge in [0.15, 0.2) is 0 Å². The molecule has 5 rings (SSSR count). The van der Waals surface area contributed by atoms with E-state index in [4.69, 9.17) is 11.6 Å². The van der Waals surface area contributed by atoms with E-state index < -0.39 is 0 Å². The second-order valence-corrected chi connectivity index (χ2v) is 6.47. The number of carbonyl (C=O) groups is 1. The predicted octanol–water partition coefficient (Wildman–Crippen LogP) is 2.42. The number of hydrogen-bond acceptors (Lipinski definition) is 2. The van der Waals surface area contributed by atoms with E-state index in [1.54, 1.807) is 0 Å². The molecule has 1 amide bonds. The van der Waals surface area contributed by atoms with Crippen LogP contribution in [0.3, 0.4) is 0 Å². The molecule has 5 heterocycles. The molecule has 0 saturated carbocycles. The molecule has 2 aromatic rings. The fourth-order valence-electron chi connectivity index (χ4n) is 3.58. The Bertz CT molecular complexity index is 688. The molecule has 3 aliphatic heterocycles. The summed E-state index contributed by atoms with van der Waals surface area (Å²) in [5.74, 6) is 0.637. The monoisotopic (exact) mass is 303 g/mol. The van der Waals surface area contributed by atoms with Crippen LogP contribution in [0.1, 0.15) is 23.2 Å². The summed E-state index contributed by atoms with van der Waals surface area (Å²) in [7, 11) is 0. The molecular weight excluding hydrogens is 286 g/mol. The molecule has 0 radical (unpaired) electrons. The van der Waals surface area contributed by atoms with Gasteiger partial charge in [-0.2, -0.15) is 0 Å². The molecule has 1 unspecified atom stereocenters. The molecule has 3 saturated heterocycles. The maximum atomic E-state index is 12.5. The number of nitrogens with one attached hydrogen (secondary N) is 1. The molecule has 2 aromatic heterocycles. The fourth-order valence-corrected chi connectivity index (χ4v) is 3.79. The standard InChI is InChI=1S/C16H18ClN3O/c17-15-4-3-13-2-1-12(9-20(13)15)16(21)18-14-10-19-7-5-11(14)6-8-19/h1-4,9,11,14H,5-8,10H2,(H,18,21). The van der Waals surface area contributed by atoms with E-state index >= 15 is 0 Å². The zero-order chi connectivity index (χ0) is 14.4. The van der Waals surface area contributed by atoms with Gasteiger partial charge in [-0.25, -0.2) is 0 Å². The molecule has 1 N–H and O–H groups in total. The fraction of sp³-hybridized carbons (Fsp3) is 0.438. The lowest BCUT2D eigenvalue weighted by molar-refractivity contribution is 0.0620. The third-order valence-electron chi connectivity index (χ3n) is 4.84. The van der Waals surface area contributed by atoms with Crippen LogP contribution in [0.2, 0.25) is 5.15 Å². The van der Waals surface area contributed by atoms with Gasteiger partial charge in [0.1, 0.15) is 5.15 Å². The number of amides is 1. The van der Waals surface area contributed by atoms with Crippen LogP contribution in [-0.4, -0.2) is 40.9 Å². The predicted molar refractivity (Wildman–Crippen MR) is 82.8 cm³/mol. The number of nitrogens with zero attached hydrogens (tertiary/aromatic N) is 2. The first kappa shape index (κ1) is 13.2. The molecule has 21 heavy (non-hydrogen) atoms. The van der Waals surface area contributed by atoms with Crippen molar-refractivity contribution in [1.82, 2.24) is 14.6 Å². The number of fused-ring (bicyclic) bond motifs is 4. The lowest BCUT2D eigenvalue weighted by Crippen LogP contribution is -2.57. The van der Waals surface area contributed by atoms with Gasteiger partial charge in [-0.15, -0.1) is 0 Å². The molecule has 3 aliphatic rings. The number of hydrogen-bond donors (Lipinski definition) is 1. The molecule has 0 spiro atoms. The summed E-state index contributed by atoms with van der Waals surface area (Å²) >= 11 is 6.12. The third-order valence-corrected chi connectivity index (χ3v) is 5.14. The van der Waals surface area contributed by atoms with Crippen LogP contribution >= 0.6 is 11.6 Å². The highest BCUT2D eigenvalue weighted by molar-refractivity contribution is 6.30. The smallest absolute Gasteiger partial charge is 0.253 e. The van der Waals surface area contributed by atoms with Crippen molar-refractivity contribution in [2.45, 2.75) is 18.9 Å². The van der Waals surface area contributed by atoms with Gasteiger partial charge in [-0.05, 0) is 56.1 Å². The van der Waals surface area contributed by atoms with Crippen molar-refractivity contribution in [3.8, 4) is 0 Å². The molecule has 1 atom stereocenters. The van der Waals surface area contributed by atoms with Gasteiger partial charge in [0.25, 0.3) is 5.91 Å². The minimum absolute atomic E-state index is 0.000386. The van der Waals surface area contributed by atoms with Gasteiger partial charge in [0, 0.05) is 24.3 Å². The molecule has 110 valence electrons. The lowest BCUT2D eigenvalue weighted by Gasteiger charge is -2.44. The first-order chi connectivity index (χ1) is 10.2. The zero-order valence-electron chi connectivity index (χ0n) is 11.8. The maximum absolute atomic E-state index is 12.5. The van der Waals surface area contributed by atoms with Crippen LogP contribution in [0.4, 0.5) is 0 Å². The minimum Gasteiger partial charge on any atom is -0.348 e. The highest BCUT2D eigenvalue weighted by Crippen LogP contribution is 2.27. The number of halogens is 1. The molecule has 5 heteroatoms. The highest BCUT2D eigenvalue weighted by atomic mass is 35.5. The average Bonchev–Trinajstić information content (AvgIpc) is 2.89. The number of rotatable bonds is 2.